The van der Waals surface area contributed by atoms with Gasteiger partial charge in [-0.3, -0.25) is 4.90 Å². The predicted molar refractivity (Wildman–Crippen MR) is 82.1 cm³/mol. The highest BCUT2D eigenvalue weighted by atomic mass is 16.5. The van der Waals surface area contributed by atoms with Crippen molar-refractivity contribution in [2.75, 3.05) is 59.5 Å². The second-order valence-corrected chi connectivity index (χ2v) is 6.89. The molecule has 0 N–H and O–H groups in total. The molecule has 0 bridgehead atoms. The van der Waals surface area contributed by atoms with Gasteiger partial charge in [-0.15, -0.1) is 0 Å². The molecule has 0 spiro atoms. The van der Waals surface area contributed by atoms with Crippen molar-refractivity contribution in [2.45, 2.75) is 44.2 Å². The van der Waals surface area contributed by atoms with Gasteiger partial charge in [-0.25, -0.2) is 0 Å². The first kappa shape index (κ1) is 14.8. The van der Waals surface area contributed by atoms with Crippen molar-refractivity contribution < 1.29 is 4.74 Å². The van der Waals surface area contributed by atoms with Gasteiger partial charge in [0.1, 0.15) is 0 Å². The topological polar surface area (TPSA) is 19.0 Å². The van der Waals surface area contributed by atoms with Gasteiger partial charge in [-0.1, -0.05) is 6.42 Å². The summed E-state index contributed by atoms with van der Waals surface area (Å²) in [6, 6.07) is 0.781. The van der Waals surface area contributed by atoms with Crippen LogP contribution in [0.1, 0.15) is 32.1 Å². The molecule has 0 aromatic heterocycles. The number of piperidine rings is 1. The molecule has 0 aliphatic carbocycles. The largest absolute Gasteiger partial charge is 0.374 e. The smallest absolute Gasteiger partial charge is 0.0829 e. The molecular weight excluding hydrogens is 250 g/mol. The summed E-state index contributed by atoms with van der Waals surface area (Å²) in [5, 5.41) is 0. The highest BCUT2D eigenvalue weighted by Gasteiger charge is 2.28. The molecule has 2 atom stereocenters. The lowest BCUT2D eigenvalue weighted by Gasteiger charge is -2.38. The molecule has 3 aliphatic heterocycles. The number of nitrogens with zero attached hydrogens (tertiary/aromatic N) is 3. The number of likely N-dealkylation sites (N-methyl/N-ethyl adjacent to an activating group) is 1. The number of morpholine rings is 1. The van der Waals surface area contributed by atoms with Crippen molar-refractivity contribution >= 4 is 0 Å². The molecule has 0 radical (unpaired) electrons. The third kappa shape index (κ3) is 3.94. The molecule has 3 fully saturated rings. The van der Waals surface area contributed by atoms with E-state index in [0.29, 0.717) is 6.10 Å². The molecule has 116 valence electrons. The van der Waals surface area contributed by atoms with E-state index >= 15 is 0 Å². The van der Waals surface area contributed by atoms with Crippen LogP contribution in [0.3, 0.4) is 0 Å². The van der Waals surface area contributed by atoms with Gasteiger partial charge in [0, 0.05) is 32.2 Å². The van der Waals surface area contributed by atoms with Crippen LogP contribution in [0.25, 0.3) is 0 Å². The second kappa shape index (κ2) is 7.21. The van der Waals surface area contributed by atoms with Crippen molar-refractivity contribution in [3.63, 3.8) is 0 Å². The van der Waals surface area contributed by atoms with Crippen molar-refractivity contribution in [1.82, 2.24) is 14.7 Å². The van der Waals surface area contributed by atoms with E-state index in [0.717, 1.165) is 32.3 Å². The number of hydrogen-bond donors (Lipinski definition) is 0. The molecule has 3 rings (SSSR count). The van der Waals surface area contributed by atoms with E-state index in [1.54, 1.807) is 0 Å². The average Bonchev–Trinajstić information content (AvgIpc) is 2.86. The number of likely N-dealkylation sites (tertiary alicyclic amines) is 2. The van der Waals surface area contributed by atoms with Crippen LogP contribution in [0.4, 0.5) is 0 Å². The second-order valence-electron chi connectivity index (χ2n) is 6.89. The molecule has 0 saturated carbocycles. The molecule has 0 aromatic rings. The lowest BCUT2D eigenvalue weighted by Crippen LogP contribution is -2.51. The summed E-state index contributed by atoms with van der Waals surface area (Å²) in [5.74, 6) is 0. The van der Waals surface area contributed by atoms with E-state index < -0.39 is 0 Å². The third-order valence-electron chi connectivity index (χ3n) is 5.27. The van der Waals surface area contributed by atoms with Gasteiger partial charge >= 0.3 is 0 Å². The van der Waals surface area contributed by atoms with E-state index in [-0.39, 0.29) is 0 Å². The van der Waals surface area contributed by atoms with Gasteiger partial charge in [0.2, 0.25) is 0 Å². The summed E-state index contributed by atoms with van der Waals surface area (Å²) in [6.45, 7) is 9.44. The summed E-state index contributed by atoms with van der Waals surface area (Å²) in [6.07, 6.45) is 7.37. The van der Waals surface area contributed by atoms with E-state index in [2.05, 4.69) is 21.7 Å². The fourth-order valence-electron chi connectivity index (χ4n) is 3.99. The highest BCUT2D eigenvalue weighted by molar-refractivity contribution is 4.83. The molecular formula is C16H31N3O. The lowest BCUT2D eigenvalue weighted by molar-refractivity contribution is -0.0493. The fourth-order valence-corrected chi connectivity index (χ4v) is 3.99. The third-order valence-corrected chi connectivity index (χ3v) is 5.27. The Morgan fingerprint density at radius 1 is 0.900 bits per heavy atom. The molecule has 0 aromatic carbocycles. The molecule has 3 heterocycles. The summed E-state index contributed by atoms with van der Waals surface area (Å²) in [5.41, 5.74) is 0. The van der Waals surface area contributed by atoms with E-state index in [1.165, 1.54) is 58.3 Å². The van der Waals surface area contributed by atoms with Crippen molar-refractivity contribution in [3.05, 3.63) is 0 Å². The van der Waals surface area contributed by atoms with Crippen LogP contribution < -0.4 is 0 Å². The van der Waals surface area contributed by atoms with Crippen LogP contribution in [-0.2, 0) is 4.74 Å². The molecule has 3 aliphatic rings. The Labute approximate surface area is 124 Å². The van der Waals surface area contributed by atoms with Crippen LogP contribution in [0.15, 0.2) is 0 Å². The summed E-state index contributed by atoms with van der Waals surface area (Å²) in [7, 11) is 2.28. The zero-order valence-electron chi connectivity index (χ0n) is 13.1. The maximum atomic E-state index is 6.01. The summed E-state index contributed by atoms with van der Waals surface area (Å²) < 4.78 is 6.01. The SMILES string of the molecule is CN1CCCC1CN1CCOC(CN2CCCCC2)C1. The van der Waals surface area contributed by atoms with Crippen molar-refractivity contribution in [1.29, 1.82) is 0 Å². The van der Waals surface area contributed by atoms with Crippen LogP contribution in [0.2, 0.25) is 0 Å². The van der Waals surface area contributed by atoms with E-state index in [9.17, 15) is 0 Å². The van der Waals surface area contributed by atoms with Crippen LogP contribution in [0, 0.1) is 0 Å². The quantitative estimate of drug-likeness (QED) is 0.772. The molecule has 4 nitrogen and oxygen atoms in total. The number of ether oxygens (including phenoxy) is 1. The average molecular weight is 281 g/mol. The Balaban J connectivity index is 1.43. The monoisotopic (exact) mass is 281 g/mol. The standard InChI is InChI=1S/C16H31N3O/c1-17-7-5-6-15(17)12-19-10-11-20-16(14-19)13-18-8-3-2-4-9-18/h15-16H,2-14H2,1H3. The van der Waals surface area contributed by atoms with E-state index in [1.807, 2.05) is 0 Å². The van der Waals surface area contributed by atoms with Crippen LogP contribution >= 0.6 is 0 Å². The van der Waals surface area contributed by atoms with Crippen LogP contribution in [-0.4, -0.2) is 86.3 Å². The summed E-state index contributed by atoms with van der Waals surface area (Å²) >= 11 is 0. The zero-order valence-corrected chi connectivity index (χ0v) is 13.1. The Morgan fingerprint density at radius 2 is 1.75 bits per heavy atom. The van der Waals surface area contributed by atoms with E-state index in [4.69, 9.17) is 4.74 Å². The van der Waals surface area contributed by atoms with Gasteiger partial charge in [-0.2, -0.15) is 0 Å². The van der Waals surface area contributed by atoms with Gasteiger partial charge in [0.15, 0.2) is 0 Å². The Morgan fingerprint density at radius 3 is 2.50 bits per heavy atom. The highest BCUT2D eigenvalue weighted by Crippen LogP contribution is 2.18. The van der Waals surface area contributed by atoms with Gasteiger partial charge in [-0.05, 0) is 52.4 Å². The summed E-state index contributed by atoms with van der Waals surface area (Å²) in [4.78, 5) is 7.79. The molecule has 0 amide bonds. The number of hydrogen-bond acceptors (Lipinski definition) is 4. The maximum absolute atomic E-state index is 6.01. The molecule has 2 unspecified atom stereocenters. The predicted octanol–water partition coefficient (Wildman–Crippen LogP) is 1.27. The lowest BCUT2D eigenvalue weighted by atomic mass is 10.1. The van der Waals surface area contributed by atoms with Gasteiger partial charge in [0.25, 0.3) is 0 Å². The first-order valence-electron chi connectivity index (χ1n) is 8.58. The van der Waals surface area contributed by atoms with Gasteiger partial charge < -0.3 is 14.5 Å². The number of rotatable bonds is 4. The van der Waals surface area contributed by atoms with Crippen molar-refractivity contribution in [2.24, 2.45) is 0 Å². The Kier molecular flexibility index (Phi) is 5.32. The first-order chi connectivity index (χ1) is 9.81. The molecule has 20 heavy (non-hydrogen) atoms. The Hall–Kier alpha value is -0.160. The minimum Gasteiger partial charge on any atom is -0.374 e. The first-order valence-corrected chi connectivity index (χ1v) is 8.58. The molecule has 4 heteroatoms. The van der Waals surface area contributed by atoms with Crippen molar-refractivity contribution in [3.8, 4) is 0 Å². The normalized spacial score (nSPS) is 34.6. The minimum atomic E-state index is 0.438. The van der Waals surface area contributed by atoms with Gasteiger partial charge in [0.05, 0.1) is 12.7 Å². The fraction of sp³-hybridized carbons (Fsp3) is 1.00. The van der Waals surface area contributed by atoms with Crippen LogP contribution in [0.5, 0.6) is 0 Å². The zero-order chi connectivity index (χ0) is 13.8. The minimum absolute atomic E-state index is 0.438. The molecule has 3 saturated heterocycles. The Bertz CT molecular complexity index is 293. The maximum Gasteiger partial charge on any atom is 0.0829 e.